The third kappa shape index (κ3) is 3.34. The number of anilines is 1. The number of rotatable bonds is 5. The van der Waals surface area contributed by atoms with Crippen molar-refractivity contribution in [3.8, 4) is 0 Å². The number of halogens is 2. The van der Waals surface area contributed by atoms with Gasteiger partial charge in [-0.25, -0.2) is 12.8 Å². The van der Waals surface area contributed by atoms with E-state index < -0.39 is 20.7 Å². The second kappa shape index (κ2) is 6.43. The fraction of sp³-hybridized carbons (Fsp3) is 0.143. The molecule has 0 heterocycles. The van der Waals surface area contributed by atoms with Crippen LogP contribution < -0.4 is 4.31 Å². The molecule has 0 bridgehead atoms. The molecule has 2 rings (SSSR count). The summed E-state index contributed by atoms with van der Waals surface area (Å²) in [5.41, 5.74) is 0.348. The van der Waals surface area contributed by atoms with Crippen LogP contribution in [0.25, 0.3) is 0 Å². The molecule has 0 atom stereocenters. The van der Waals surface area contributed by atoms with E-state index in [0.29, 0.717) is 5.69 Å². The molecular formula is C14H13ClFNO3S. The van der Waals surface area contributed by atoms with E-state index in [1.165, 1.54) is 6.07 Å². The Morgan fingerprint density at radius 2 is 1.81 bits per heavy atom. The first kappa shape index (κ1) is 15.8. The highest BCUT2D eigenvalue weighted by Crippen LogP contribution is 2.26. The average molecular weight is 330 g/mol. The van der Waals surface area contributed by atoms with Gasteiger partial charge in [-0.3, -0.25) is 4.31 Å². The second-order valence-electron chi connectivity index (χ2n) is 4.21. The lowest BCUT2D eigenvalue weighted by Crippen LogP contribution is -2.34. The molecule has 7 heteroatoms. The van der Waals surface area contributed by atoms with Crippen molar-refractivity contribution in [2.45, 2.75) is 4.90 Å². The fourth-order valence-electron chi connectivity index (χ4n) is 1.88. The lowest BCUT2D eigenvalue weighted by Gasteiger charge is -2.23. The van der Waals surface area contributed by atoms with Crippen LogP contribution in [0.2, 0.25) is 5.02 Å². The van der Waals surface area contributed by atoms with Gasteiger partial charge in [0.1, 0.15) is 10.7 Å². The number of hydrogen-bond donors (Lipinski definition) is 1. The van der Waals surface area contributed by atoms with Crippen LogP contribution in [0.4, 0.5) is 10.1 Å². The number of sulfonamides is 1. The summed E-state index contributed by atoms with van der Waals surface area (Å²) in [4.78, 5) is -0.482. The van der Waals surface area contributed by atoms with Gasteiger partial charge in [0.05, 0.1) is 18.8 Å². The van der Waals surface area contributed by atoms with Gasteiger partial charge in [-0.05, 0) is 30.3 Å². The van der Waals surface area contributed by atoms with Gasteiger partial charge in [0, 0.05) is 5.02 Å². The molecule has 4 nitrogen and oxygen atoms in total. The molecule has 0 fully saturated rings. The van der Waals surface area contributed by atoms with E-state index in [-0.39, 0.29) is 18.2 Å². The summed E-state index contributed by atoms with van der Waals surface area (Å²) in [6.45, 7) is -0.558. The number of nitrogens with zero attached hydrogens (tertiary/aromatic N) is 1. The minimum Gasteiger partial charge on any atom is -0.394 e. The van der Waals surface area contributed by atoms with Crippen LogP contribution in [-0.4, -0.2) is 26.7 Å². The molecule has 0 aliphatic rings. The van der Waals surface area contributed by atoms with Crippen molar-refractivity contribution in [1.82, 2.24) is 0 Å². The van der Waals surface area contributed by atoms with Gasteiger partial charge in [0.2, 0.25) is 0 Å². The largest absolute Gasteiger partial charge is 0.394 e. The average Bonchev–Trinajstić information content (AvgIpc) is 2.45. The van der Waals surface area contributed by atoms with Gasteiger partial charge in [0.15, 0.2) is 0 Å². The van der Waals surface area contributed by atoms with Gasteiger partial charge < -0.3 is 5.11 Å². The summed E-state index contributed by atoms with van der Waals surface area (Å²) in [7, 11) is -4.12. The van der Waals surface area contributed by atoms with Gasteiger partial charge in [-0.15, -0.1) is 0 Å². The summed E-state index contributed by atoms with van der Waals surface area (Å²) in [5, 5.41) is 9.21. The third-order valence-electron chi connectivity index (χ3n) is 2.81. The zero-order valence-electron chi connectivity index (χ0n) is 10.9. The van der Waals surface area contributed by atoms with E-state index in [4.69, 9.17) is 16.7 Å². The first-order valence-electron chi connectivity index (χ1n) is 6.10. The van der Waals surface area contributed by atoms with E-state index in [2.05, 4.69) is 0 Å². The molecule has 2 aromatic carbocycles. The van der Waals surface area contributed by atoms with Crippen molar-refractivity contribution in [2.24, 2.45) is 0 Å². The van der Waals surface area contributed by atoms with E-state index >= 15 is 0 Å². The maximum absolute atomic E-state index is 13.9. The maximum Gasteiger partial charge on any atom is 0.267 e. The first-order valence-corrected chi connectivity index (χ1v) is 7.92. The molecule has 0 saturated heterocycles. The molecule has 21 heavy (non-hydrogen) atoms. The van der Waals surface area contributed by atoms with E-state index in [0.717, 1.165) is 16.4 Å². The molecule has 0 unspecified atom stereocenters. The van der Waals surface area contributed by atoms with Crippen molar-refractivity contribution < 1.29 is 17.9 Å². The molecule has 0 radical (unpaired) electrons. The minimum absolute atomic E-state index is 0.111. The van der Waals surface area contributed by atoms with Crippen LogP contribution in [0, 0.1) is 5.82 Å². The van der Waals surface area contributed by atoms with Crippen molar-refractivity contribution in [1.29, 1.82) is 0 Å². The van der Waals surface area contributed by atoms with Crippen LogP contribution in [0.5, 0.6) is 0 Å². The predicted octanol–water partition coefficient (Wildman–Crippen LogP) is 2.67. The Kier molecular flexibility index (Phi) is 4.82. The standard InChI is InChI=1S/C14H13ClFNO3S/c15-11-6-7-14(13(16)10-11)21(19,20)17(8-9-18)12-4-2-1-3-5-12/h1-7,10,18H,8-9H2. The zero-order chi connectivity index (χ0) is 15.5. The smallest absolute Gasteiger partial charge is 0.267 e. The highest BCUT2D eigenvalue weighted by atomic mass is 35.5. The Hall–Kier alpha value is -1.63. The molecule has 0 spiro atoms. The topological polar surface area (TPSA) is 57.6 Å². The lowest BCUT2D eigenvalue weighted by molar-refractivity contribution is 0.306. The quantitative estimate of drug-likeness (QED) is 0.917. The van der Waals surface area contributed by atoms with Crippen molar-refractivity contribution in [3.63, 3.8) is 0 Å². The Balaban J connectivity index is 2.53. The molecule has 112 valence electrons. The van der Waals surface area contributed by atoms with E-state index in [1.54, 1.807) is 30.3 Å². The monoisotopic (exact) mass is 329 g/mol. The number of benzene rings is 2. The zero-order valence-corrected chi connectivity index (χ0v) is 12.5. The summed E-state index contributed by atoms with van der Waals surface area (Å²) in [6, 6.07) is 11.6. The molecule has 0 aromatic heterocycles. The number of hydrogen-bond acceptors (Lipinski definition) is 3. The molecule has 0 aliphatic carbocycles. The highest BCUT2D eigenvalue weighted by molar-refractivity contribution is 7.92. The van der Waals surface area contributed by atoms with Gasteiger partial charge in [-0.1, -0.05) is 29.8 Å². The normalized spacial score (nSPS) is 11.4. The summed E-state index contributed by atoms with van der Waals surface area (Å²) < 4.78 is 40.0. The van der Waals surface area contributed by atoms with Crippen LogP contribution in [0.15, 0.2) is 53.4 Å². The first-order chi connectivity index (χ1) is 9.96. The Morgan fingerprint density at radius 3 is 2.38 bits per heavy atom. The van der Waals surface area contributed by atoms with Gasteiger partial charge in [-0.2, -0.15) is 0 Å². The number of aliphatic hydroxyl groups is 1. The SMILES string of the molecule is O=S(=O)(c1ccc(Cl)cc1F)N(CCO)c1ccccc1. The number of aliphatic hydroxyl groups excluding tert-OH is 1. The summed E-state index contributed by atoms with van der Waals surface area (Å²) in [6.07, 6.45) is 0. The maximum atomic E-state index is 13.9. The third-order valence-corrected chi connectivity index (χ3v) is 4.90. The fourth-order valence-corrected chi connectivity index (χ4v) is 3.54. The van der Waals surface area contributed by atoms with Crippen molar-refractivity contribution in [3.05, 3.63) is 59.4 Å². The molecule has 1 N–H and O–H groups in total. The summed E-state index contributed by atoms with van der Waals surface area (Å²) >= 11 is 5.64. The molecule has 2 aromatic rings. The van der Waals surface area contributed by atoms with E-state index in [1.807, 2.05) is 0 Å². The molecule has 0 aliphatic heterocycles. The van der Waals surface area contributed by atoms with Gasteiger partial charge in [0.25, 0.3) is 10.0 Å². The highest BCUT2D eigenvalue weighted by Gasteiger charge is 2.27. The van der Waals surface area contributed by atoms with E-state index in [9.17, 15) is 12.8 Å². The minimum atomic E-state index is -4.12. The van der Waals surface area contributed by atoms with Crippen molar-refractivity contribution >= 4 is 27.3 Å². The molecule has 0 amide bonds. The Bertz CT molecular complexity index is 722. The van der Waals surface area contributed by atoms with Crippen LogP contribution in [-0.2, 0) is 10.0 Å². The van der Waals surface area contributed by atoms with Crippen LogP contribution in [0.1, 0.15) is 0 Å². The van der Waals surface area contributed by atoms with Crippen LogP contribution >= 0.6 is 11.6 Å². The Labute approximate surface area is 127 Å². The lowest BCUT2D eigenvalue weighted by atomic mass is 10.3. The van der Waals surface area contributed by atoms with Gasteiger partial charge >= 0.3 is 0 Å². The molecular weight excluding hydrogens is 317 g/mol. The second-order valence-corrected chi connectivity index (χ2v) is 6.48. The van der Waals surface area contributed by atoms with Crippen LogP contribution in [0.3, 0.4) is 0 Å². The van der Waals surface area contributed by atoms with Crippen molar-refractivity contribution in [2.75, 3.05) is 17.5 Å². The predicted molar refractivity (Wildman–Crippen MR) is 79.5 cm³/mol. The Morgan fingerprint density at radius 1 is 1.14 bits per heavy atom. The summed E-state index contributed by atoms with van der Waals surface area (Å²) in [5.74, 6) is -0.929. The molecule has 0 saturated carbocycles. The number of para-hydroxylation sites is 1.